The summed E-state index contributed by atoms with van der Waals surface area (Å²) in [7, 11) is 2.69. The summed E-state index contributed by atoms with van der Waals surface area (Å²) in [6.45, 7) is 3.38. The van der Waals surface area contributed by atoms with Crippen molar-refractivity contribution >= 4 is 40.6 Å². The third kappa shape index (κ3) is 3.73. The number of anilines is 1. The first kappa shape index (κ1) is 19.9. The summed E-state index contributed by atoms with van der Waals surface area (Å²) in [6.07, 6.45) is 0.0840. The molecule has 0 aliphatic heterocycles. The number of amides is 1. The van der Waals surface area contributed by atoms with Crippen molar-refractivity contribution in [2.75, 3.05) is 5.73 Å². The van der Waals surface area contributed by atoms with Crippen molar-refractivity contribution in [3.8, 4) is 0 Å². The second-order valence-corrected chi connectivity index (χ2v) is 8.39. The van der Waals surface area contributed by atoms with E-state index in [0.29, 0.717) is 10.0 Å². The molecule has 0 saturated heterocycles. The summed E-state index contributed by atoms with van der Waals surface area (Å²) in [5.41, 5.74) is 10.1. The summed E-state index contributed by atoms with van der Waals surface area (Å²) in [5.74, 6) is -1.12. The number of hydrogen-bond acceptors (Lipinski definition) is 8. The molecule has 2 rings (SSSR count). The third-order valence-electron chi connectivity index (χ3n) is 3.81. The molecular formula is C15H19N5O4S2. The molecule has 140 valence electrons. The average molecular weight is 397 g/mol. The fourth-order valence-electron chi connectivity index (χ4n) is 2.27. The van der Waals surface area contributed by atoms with Gasteiger partial charge in [0.2, 0.25) is 5.91 Å². The lowest BCUT2D eigenvalue weighted by atomic mass is 10.1. The predicted octanol–water partition coefficient (Wildman–Crippen LogP) is -0.178. The summed E-state index contributed by atoms with van der Waals surface area (Å²) >= 11 is 2.43. The van der Waals surface area contributed by atoms with Crippen LogP contribution in [0.2, 0.25) is 0 Å². The maximum atomic E-state index is 12.7. The minimum absolute atomic E-state index is 0.0840. The van der Waals surface area contributed by atoms with Gasteiger partial charge in [0.1, 0.15) is 11.4 Å². The lowest BCUT2D eigenvalue weighted by Gasteiger charge is -2.13. The standard InChI is InChI=1S/C15H19N5O4S2/c1-6-8(5-9(16)21)26-14(18-6)25-7(2)11(22)10-12(17)19(3)15(24)20(4)13(10)23/h7H,5,17H2,1-4H3,(H2,16,21). The zero-order valence-electron chi connectivity index (χ0n) is 14.7. The van der Waals surface area contributed by atoms with Gasteiger partial charge >= 0.3 is 5.69 Å². The lowest BCUT2D eigenvalue weighted by Crippen LogP contribution is -2.42. The molecule has 11 heteroatoms. The minimum Gasteiger partial charge on any atom is -0.384 e. The van der Waals surface area contributed by atoms with Gasteiger partial charge in [0.15, 0.2) is 10.1 Å². The molecule has 2 heterocycles. The first-order valence-corrected chi connectivity index (χ1v) is 9.25. The summed E-state index contributed by atoms with van der Waals surface area (Å²) < 4.78 is 2.49. The normalized spacial score (nSPS) is 12.2. The van der Waals surface area contributed by atoms with Gasteiger partial charge in [0.05, 0.1) is 17.4 Å². The molecular weight excluding hydrogens is 378 g/mol. The Bertz CT molecular complexity index is 1000. The largest absolute Gasteiger partial charge is 0.384 e. The number of nitrogens with two attached hydrogens (primary N) is 2. The Morgan fingerprint density at radius 1 is 1.27 bits per heavy atom. The van der Waals surface area contributed by atoms with E-state index in [0.717, 1.165) is 25.8 Å². The topological polar surface area (TPSA) is 143 Å². The maximum Gasteiger partial charge on any atom is 0.332 e. The van der Waals surface area contributed by atoms with E-state index in [1.54, 1.807) is 13.8 Å². The number of Topliss-reactive ketones (excluding diaryl/α,β-unsaturated/α-hetero) is 1. The maximum absolute atomic E-state index is 12.7. The molecule has 0 saturated carbocycles. The Morgan fingerprint density at radius 2 is 1.88 bits per heavy atom. The van der Waals surface area contributed by atoms with Crippen LogP contribution in [0.1, 0.15) is 27.9 Å². The van der Waals surface area contributed by atoms with Crippen LogP contribution in [0.4, 0.5) is 5.82 Å². The molecule has 0 spiro atoms. The van der Waals surface area contributed by atoms with Crippen molar-refractivity contribution in [1.82, 2.24) is 14.1 Å². The molecule has 0 bridgehead atoms. The number of primary amides is 1. The van der Waals surface area contributed by atoms with E-state index in [4.69, 9.17) is 11.5 Å². The molecule has 2 aromatic heterocycles. The Kier molecular flexibility index (Phi) is 5.71. The van der Waals surface area contributed by atoms with E-state index >= 15 is 0 Å². The lowest BCUT2D eigenvalue weighted by molar-refractivity contribution is -0.117. The van der Waals surface area contributed by atoms with Crippen LogP contribution in [-0.2, 0) is 25.3 Å². The Labute approximate surface area is 157 Å². The summed E-state index contributed by atoms with van der Waals surface area (Å²) in [5, 5.41) is -0.658. The average Bonchev–Trinajstić information content (AvgIpc) is 2.89. The Balaban J connectivity index is 2.33. The monoisotopic (exact) mass is 397 g/mol. The first-order chi connectivity index (χ1) is 12.0. The van der Waals surface area contributed by atoms with Crippen LogP contribution in [0.3, 0.4) is 0 Å². The number of carbonyl (C=O) groups excluding carboxylic acids is 2. The predicted molar refractivity (Wildman–Crippen MR) is 101 cm³/mol. The molecule has 0 radical (unpaired) electrons. The highest BCUT2D eigenvalue weighted by atomic mass is 32.2. The van der Waals surface area contributed by atoms with Crippen LogP contribution < -0.4 is 22.7 Å². The van der Waals surface area contributed by atoms with Gasteiger partial charge in [-0.25, -0.2) is 9.78 Å². The minimum atomic E-state index is -0.729. The van der Waals surface area contributed by atoms with E-state index in [9.17, 15) is 19.2 Å². The van der Waals surface area contributed by atoms with Gasteiger partial charge in [-0.05, 0) is 13.8 Å². The number of ketones is 1. The van der Waals surface area contributed by atoms with E-state index < -0.39 is 28.2 Å². The summed E-state index contributed by atoms with van der Waals surface area (Å²) in [4.78, 5) is 53.1. The Hall–Kier alpha value is -2.40. The van der Waals surface area contributed by atoms with E-state index in [2.05, 4.69) is 4.98 Å². The van der Waals surface area contributed by atoms with Crippen LogP contribution >= 0.6 is 23.1 Å². The van der Waals surface area contributed by atoms with Gasteiger partial charge in [0, 0.05) is 19.0 Å². The molecule has 0 fully saturated rings. The molecule has 0 aromatic carbocycles. The zero-order valence-corrected chi connectivity index (χ0v) is 16.4. The van der Waals surface area contributed by atoms with Gasteiger partial charge in [-0.3, -0.25) is 23.5 Å². The fourth-order valence-corrected chi connectivity index (χ4v) is 4.72. The van der Waals surface area contributed by atoms with Crippen LogP contribution in [-0.4, -0.2) is 31.1 Å². The van der Waals surface area contributed by atoms with Crippen molar-refractivity contribution in [2.24, 2.45) is 19.8 Å². The third-order valence-corrected chi connectivity index (χ3v) is 6.16. The molecule has 1 unspecified atom stereocenters. The number of rotatable bonds is 6. The van der Waals surface area contributed by atoms with Crippen LogP contribution in [0, 0.1) is 6.92 Å². The molecule has 9 nitrogen and oxygen atoms in total. The Morgan fingerprint density at radius 3 is 2.46 bits per heavy atom. The number of nitrogen functional groups attached to an aromatic ring is 1. The molecule has 1 amide bonds. The van der Waals surface area contributed by atoms with Crippen molar-refractivity contribution < 1.29 is 9.59 Å². The number of aromatic nitrogens is 3. The molecule has 2 aromatic rings. The van der Waals surface area contributed by atoms with Gasteiger partial charge in [-0.1, -0.05) is 11.8 Å². The quantitative estimate of drug-likeness (QED) is 0.508. The van der Waals surface area contributed by atoms with Crippen molar-refractivity contribution in [2.45, 2.75) is 29.9 Å². The number of thioether (sulfide) groups is 1. The van der Waals surface area contributed by atoms with Crippen LogP contribution in [0.25, 0.3) is 0 Å². The van der Waals surface area contributed by atoms with Crippen molar-refractivity contribution in [3.05, 3.63) is 37.0 Å². The molecule has 4 N–H and O–H groups in total. The van der Waals surface area contributed by atoms with Gasteiger partial charge in [0.25, 0.3) is 5.56 Å². The van der Waals surface area contributed by atoms with Crippen molar-refractivity contribution in [3.63, 3.8) is 0 Å². The second kappa shape index (κ2) is 7.46. The number of aryl methyl sites for hydroxylation is 1. The van der Waals surface area contributed by atoms with Crippen LogP contribution in [0.5, 0.6) is 0 Å². The van der Waals surface area contributed by atoms with Crippen molar-refractivity contribution in [1.29, 1.82) is 0 Å². The smallest absolute Gasteiger partial charge is 0.332 e. The summed E-state index contributed by atoms with van der Waals surface area (Å²) in [6, 6.07) is 0. The number of nitrogens with zero attached hydrogens (tertiary/aromatic N) is 3. The molecule has 26 heavy (non-hydrogen) atoms. The molecule has 0 aliphatic carbocycles. The number of hydrogen-bond donors (Lipinski definition) is 2. The first-order valence-electron chi connectivity index (χ1n) is 7.55. The van der Waals surface area contributed by atoms with E-state index in [1.165, 1.54) is 25.4 Å². The van der Waals surface area contributed by atoms with Crippen LogP contribution in [0.15, 0.2) is 13.9 Å². The number of carbonyl (C=O) groups is 2. The zero-order chi connectivity index (χ0) is 19.8. The SMILES string of the molecule is Cc1nc(SC(C)C(=O)c2c(N)n(C)c(=O)n(C)c2=O)sc1CC(N)=O. The van der Waals surface area contributed by atoms with Gasteiger partial charge < -0.3 is 11.5 Å². The van der Waals surface area contributed by atoms with E-state index in [-0.39, 0.29) is 17.8 Å². The highest BCUT2D eigenvalue weighted by Gasteiger charge is 2.26. The van der Waals surface area contributed by atoms with Gasteiger partial charge in [-0.15, -0.1) is 11.3 Å². The number of thiazole rings is 1. The second-order valence-electron chi connectivity index (χ2n) is 5.72. The van der Waals surface area contributed by atoms with E-state index in [1.807, 2.05) is 0 Å². The highest BCUT2D eigenvalue weighted by molar-refractivity contribution is 8.02. The fraction of sp³-hybridized carbons (Fsp3) is 0.400. The van der Waals surface area contributed by atoms with Gasteiger partial charge in [-0.2, -0.15) is 0 Å². The molecule has 0 aliphatic rings. The molecule has 1 atom stereocenters. The highest BCUT2D eigenvalue weighted by Crippen LogP contribution is 2.31.